The molecule has 1 atom stereocenters. The van der Waals surface area contributed by atoms with E-state index in [1.165, 1.54) is 161 Å². The van der Waals surface area contributed by atoms with Crippen LogP contribution in [0.4, 0.5) is 0 Å². The smallest absolute Gasteiger partial charge is 0.306 e. The topological polar surface area (TPSA) is 72.8 Å². The number of rotatable bonds is 67. The molecule has 0 fully saturated rings. The Morgan fingerprint density at radius 2 is 0.444 bits per heavy atom. The van der Waals surface area contributed by atoms with Gasteiger partial charge in [0.15, 0.2) is 6.10 Å². The number of esters is 2. The molecule has 508 valence electrons. The zero-order chi connectivity index (χ0) is 64.7. The summed E-state index contributed by atoms with van der Waals surface area (Å²) in [5, 5.41) is 9.72. The normalized spacial score (nSPS) is 13.3. The van der Waals surface area contributed by atoms with Crippen LogP contribution in [0.25, 0.3) is 0 Å². The second-order valence-electron chi connectivity index (χ2n) is 24.3. The summed E-state index contributed by atoms with van der Waals surface area (Å²) in [4.78, 5) is 24.7. The van der Waals surface area contributed by atoms with Crippen LogP contribution in [0.15, 0.2) is 182 Å². The maximum atomic E-state index is 12.4. The van der Waals surface area contributed by atoms with Crippen molar-refractivity contribution in [1.82, 2.24) is 0 Å². The molecule has 90 heavy (non-hydrogen) atoms. The number of aliphatic hydroxyl groups is 1. The third-order valence-corrected chi connectivity index (χ3v) is 15.7. The lowest BCUT2D eigenvalue weighted by Gasteiger charge is -2.15. The Hall–Kier alpha value is -5.00. The van der Waals surface area contributed by atoms with Gasteiger partial charge in [-0.3, -0.25) is 9.59 Å². The molecule has 0 aliphatic carbocycles. The lowest BCUT2D eigenvalue weighted by atomic mass is 10.0. The SMILES string of the molecule is CC/C=C\C/C=C\C/C=C\C/C=C\C/C=C\C/C=C\C/C=C\C/C=C\C/C=C\C/C=C\CCCCCCCCCCCCC(=O)OC(CO)COC(=O)CCCCCCCCCCCCCCCCCCCCC/C=C\C/C=C\C/C=C\C/C=C\C/C=C\CC. The fourth-order valence-corrected chi connectivity index (χ4v) is 10.2. The van der Waals surface area contributed by atoms with Gasteiger partial charge in [-0.1, -0.05) is 357 Å². The third kappa shape index (κ3) is 75.5. The fourth-order valence-electron chi connectivity index (χ4n) is 10.2. The fraction of sp³-hybridized carbons (Fsp3) is 0.624. The molecule has 1 unspecified atom stereocenters. The van der Waals surface area contributed by atoms with Crippen LogP contribution in [0.5, 0.6) is 0 Å². The van der Waals surface area contributed by atoms with Gasteiger partial charge < -0.3 is 14.6 Å². The summed E-state index contributed by atoms with van der Waals surface area (Å²) in [6, 6.07) is 0. The van der Waals surface area contributed by atoms with E-state index < -0.39 is 6.10 Å². The minimum absolute atomic E-state index is 0.0739. The van der Waals surface area contributed by atoms with Crippen molar-refractivity contribution in [2.45, 2.75) is 328 Å². The van der Waals surface area contributed by atoms with Gasteiger partial charge in [0.05, 0.1) is 6.61 Å². The van der Waals surface area contributed by atoms with Crippen LogP contribution in [0.3, 0.4) is 0 Å². The Bertz CT molecular complexity index is 1990. The van der Waals surface area contributed by atoms with E-state index in [9.17, 15) is 14.7 Å². The molecule has 0 saturated carbocycles. The molecule has 5 heteroatoms. The summed E-state index contributed by atoms with van der Waals surface area (Å²) >= 11 is 0. The molecule has 0 amide bonds. The highest BCUT2D eigenvalue weighted by Crippen LogP contribution is 2.17. The van der Waals surface area contributed by atoms with Gasteiger partial charge in [0, 0.05) is 12.8 Å². The van der Waals surface area contributed by atoms with E-state index in [1.54, 1.807) is 0 Å². The van der Waals surface area contributed by atoms with Gasteiger partial charge in [0.25, 0.3) is 0 Å². The van der Waals surface area contributed by atoms with Gasteiger partial charge >= 0.3 is 11.9 Å². The number of hydrogen-bond donors (Lipinski definition) is 1. The molecule has 0 aromatic carbocycles. The molecule has 0 aromatic heterocycles. The minimum Gasteiger partial charge on any atom is -0.462 e. The Labute approximate surface area is 556 Å². The number of carbonyl (C=O) groups is 2. The number of unbranched alkanes of at least 4 members (excludes halogenated alkanes) is 29. The number of hydrogen-bond acceptors (Lipinski definition) is 5. The summed E-state index contributed by atoms with van der Waals surface area (Å²) in [7, 11) is 0. The third-order valence-electron chi connectivity index (χ3n) is 15.7. The predicted molar refractivity (Wildman–Crippen MR) is 398 cm³/mol. The van der Waals surface area contributed by atoms with Crippen molar-refractivity contribution in [2.24, 2.45) is 0 Å². The predicted octanol–water partition coefficient (Wildman–Crippen LogP) is 26.5. The Morgan fingerprint density at radius 1 is 0.256 bits per heavy atom. The lowest BCUT2D eigenvalue weighted by Crippen LogP contribution is -2.28. The summed E-state index contributed by atoms with van der Waals surface area (Å²) in [5.74, 6) is -0.594. The maximum Gasteiger partial charge on any atom is 0.306 e. The number of ether oxygens (including phenoxy) is 2. The molecule has 5 nitrogen and oxygen atoms in total. The highest BCUT2D eigenvalue weighted by Gasteiger charge is 2.16. The van der Waals surface area contributed by atoms with Crippen molar-refractivity contribution < 1.29 is 24.2 Å². The summed E-state index contributed by atoms with van der Waals surface area (Å²) in [6.45, 7) is 3.92. The standard InChI is InChI=1S/C85H138O5/c1-3-5-7-9-11-13-15-17-19-21-23-25-27-29-31-33-35-37-39-40-41-42-43-44-46-48-50-52-54-56-58-60-62-64-66-68-70-72-74-76-78-80-85(88)90-83(81-86)82-89-84(87)79-77-75-73-71-69-67-65-63-61-59-57-55-53-51-49-47-45-38-36-34-32-30-28-26-24-22-20-18-16-14-12-10-8-6-4-2/h5-8,11-14,17-20,23-26,29-32,35,37,40-41,43-44,48,50,54,56,83,86H,3-4,9-10,15-16,21-22,27-28,33-34,36,38-39,42,45-47,49,51-53,55,57-82H2,1-2H3/b7-5-,8-6-,13-11-,14-12-,19-17-,20-18-,25-23-,26-24-,31-29-,32-30-,37-35-,41-40-,44-43-,50-48-,56-54-. The van der Waals surface area contributed by atoms with E-state index >= 15 is 0 Å². The first kappa shape index (κ1) is 85.0. The first-order valence-corrected chi connectivity index (χ1v) is 37.3. The molecule has 0 saturated heterocycles. The molecule has 0 aliphatic rings. The van der Waals surface area contributed by atoms with Crippen LogP contribution in [-0.2, 0) is 19.1 Å². The van der Waals surface area contributed by atoms with E-state index in [1.807, 2.05) is 0 Å². The summed E-state index contributed by atoms with van der Waals surface area (Å²) in [5.41, 5.74) is 0. The van der Waals surface area contributed by atoms with E-state index in [0.29, 0.717) is 12.8 Å². The average Bonchev–Trinajstić information content (AvgIpc) is 3.60. The zero-order valence-corrected chi connectivity index (χ0v) is 58.3. The number of aliphatic hydroxyl groups excluding tert-OH is 1. The monoisotopic (exact) mass is 1240 g/mol. The molecule has 0 spiro atoms. The van der Waals surface area contributed by atoms with Crippen LogP contribution < -0.4 is 0 Å². The van der Waals surface area contributed by atoms with Gasteiger partial charge in [-0.15, -0.1) is 0 Å². The van der Waals surface area contributed by atoms with Crippen molar-refractivity contribution in [2.75, 3.05) is 13.2 Å². The average molecular weight is 1240 g/mol. The molecule has 0 aromatic rings. The van der Waals surface area contributed by atoms with Crippen LogP contribution in [0, 0.1) is 0 Å². The van der Waals surface area contributed by atoms with Gasteiger partial charge in [0.1, 0.15) is 6.61 Å². The number of carbonyl (C=O) groups excluding carboxylic acids is 2. The molecule has 0 heterocycles. The van der Waals surface area contributed by atoms with Crippen LogP contribution >= 0.6 is 0 Å². The highest BCUT2D eigenvalue weighted by molar-refractivity contribution is 5.70. The van der Waals surface area contributed by atoms with Crippen molar-refractivity contribution in [3.63, 3.8) is 0 Å². The largest absolute Gasteiger partial charge is 0.462 e. The van der Waals surface area contributed by atoms with Crippen molar-refractivity contribution in [3.8, 4) is 0 Å². The molecule has 1 N–H and O–H groups in total. The molecule has 0 bridgehead atoms. The first-order chi connectivity index (χ1) is 44.6. The highest BCUT2D eigenvalue weighted by atomic mass is 16.6. The van der Waals surface area contributed by atoms with Crippen molar-refractivity contribution >= 4 is 11.9 Å². The first-order valence-electron chi connectivity index (χ1n) is 37.3. The molecular weight excluding hydrogens is 1100 g/mol. The van der Waals surface area contributed by atoms with Crippen LogP contribution in [0.2, 0.25) is 0 Å². The Morgan fingerprint density at radius 3 is 0.667 bits per heavy atom. The maximum absolute atomic E-state index is 12.4. The second-order valence-corrected chi connectivity index (χ2v) is 24.3. The zero-order valence-electron chi connectivity index (χ0n) is 58.3. The quantitative estimate of drug-likeness (QED) is 0.0373. The van der Waals surface area contributed by atoms with E-state index in [2.05, 4.69) is 196 Å². The van der Waals surface area contributed by atoms with Gasteiger partial charge in [-0.2, -0.15) is 0 Å². The Kier molecular flexibility index (Phi) is 73.9. The van der Waals surface area contributed by atoms with Crippen LogP contribution in [-0.4, -0.2) is 36.4 Å². The van der Waals surface area contributed by atoms with Gasteiger partial charge in [0.2, 0.25) is 0 Å². The van der Waals surface area contributed by atoms with E-state index in [4.69, 9.17) is 9.47 Å². The molecular formula is C85H138O5. The van der Waals surface area contributed by atoms with Gasteiger partial charge in [-0.25, -0.2) is 0 Å². The van der Waals surface area contributed by atoms with Crippen molar-refractivity contribution in [3.05, 3.63) is 182 Å². The van der Waals surface area contributed by atoms with E-state index in [0.717, 1.165) is 135 Å². The van der Waals surface area contributed by atoms with Gasteiger partial charge in [-0.05, 0) is 135 Å². The number of allylic oxidation sites excluding steroid dienone is 30. The van der Waals surface area contributed by atoms with Crippen molar-refractivity contribution in [1.29, 1.82) is 0 Å². The summed E-state index contributed by atoms with van der Waals surface area (Å²) < 4.78 is 10.8. The molecule has 0 aliphatic heterocycles. The summed E-state index contributed by atoms with van der Waals surface area (Å²) in [6.07, 6.45) is 122. The minimum atomic E-state index is -0.787. The Balaban J connectivity index is 3.53. The second kappa shape index (κ2) is 78.2. The molecule has 0 radical (unpaired) electrons. The molecule has 0 rings (SSSR count). The van der Waals surface area contributed by atoms with E-state index in [-0.39, 0.29) is 25.2 Å². The lowest BCUT2D eigenvalue weighted by molar-refractivity contribution is -0.161. The van der Waals surface area contributed by atoms with Crippen LogP contribution in [0.1, 0.15) is 322 Å².